The predicted octanol–water partition coefficient (Wildman–Crippen LogP) is 4.73. The topological polar surface area (TPSA) is 0 Å². The van der Waals surface area contributed by atoms with E-state index < -0.39 is 0 Å². The Hall–Kier alpha value is -0.520. The van der Waals surface area contributed by atoms with Crippen LogP contribution in [0.4, 0.5) is 0 Å². The van der Waals surface area contributed by atoms with E-state index in [0.717, 1.165) is 29.6 Å². The van der Waals surface area contributed by atoms with E-state index in [-0.39, 0.29) is 0 Å². The molecule has 0 aliphatic heterocycles. The highest BCUT2D eigenvalue weighted by Crippen LogP contribution is 2.54. The molecule has 0 aromatic heterocycles. The van der Waals surface area contributed by atoms with Crippen LogP contribution in [0.15, 0.2) is 23.8 Å². The fraction of sp³-hybridized carbons (Fsp3) is 0.765. The van der Waals surface area contributed by atoms with Gasteiger partial charge < -0.3 is 0 Å². The van der Waals surface area contributed by atoms with Gasteiger partial charge in [0.1, 0.15) is 0 Å². The zero-order chi connectivity index (χ0) is 11.2. The SMILES string of the molecule is C1=CC[C@@H]2C3=CC[C@@H]4CCC[C@H]4[C@@H]3CCC2C1. The fourth-order valence-electron chi connectivity index (χ4n) is 5.37. The van der Waals surface area contributed by atoms with Crippen molar-refractivity contribution in [3.8, 4) is 0 Å². The molecule has 92 valence electrons. The van der Waals surface area contributed by atoms with Crippen molar-refractivity contribution in [1.82, 2.24) is 0 Å². The summed E-state index contributed by atoms with van der Waals surface area (Å²) in [7, 11) is 0. The predicted molar refractivity (Wildman–Crippen MR) is 71.6 cm³/mol. The summed E-state index contributed by atoms with van der Waals surface area (Å²) in [5.41, 5.74) is 1.91. The molecule has 0 aromatic rings. The highest BCUT2D eigenvalue weighted by Gasteiger charge is 2.43. The van der Waals surface area contributed by atoms with Gasteiger partial charge in [0.05, 0.1) is 0 Å². The Labute approximate surface area is 105 Å². The molecule has 0 N–H and O–H groups in total. The Morgan fingerprint density at radius 3 is 2.71 bits per heavy atom. The van der Waals surface area contributed by atoms with Crippen LogP contribution in [0.25, 0.3) is 0 Å². The minimum absolute atomic E-state index is 0.945. The molecule has 0 heteroatoms. The quantitative estimate of drug-likeness (QED) is 0.526. The van der Waals surface area contributed by atoms with Gasteiger partial charge in [0.2, 0.25) is 0 Å². The smallest absolute Gasteiger partial charge is 0.0134 e. The highest BCUT2D eigenvalue weighted by atomic mass is 14.5. The minimum Gasteiger partial charge on any atom is -0.0882 e. The van der Waals surface area contributed by atoms with Gasteiger partial charge in [-0.3, -0.25) is 0 Å². The van der Waals surface area contributed by atoms with Crippen LogP contribution in [0.3, 0.4) is 0 Å². The summed E-state index contributed by atoms with van der Waals surface area (Å²) < 4.78 is 0. The Morgan fingerprint density at radius 1 is 0.765 bits per heavy atom. The number of hydrogen-bond donors (Lipinski definition) is 0. The lowest BCUT2D eigenvalue weighted by Gasteiger charge is -2.46. The van der Waals surface area contributed by atoms with E-state index in [1.807, 2.05) is 5.57 Å². The molecule has 0 heterocycles. The second-order valence-electron chi connectivity index (χ2n) is 6.79. The monoisotopic (exact) mass is 228 g/mol. The maximum atomic E-state index is 2.69. The Morgan fingerprint density at radius 2 is 1.71 bits per heavy atom. The third kappa shape index (κ3) is 1.56. The zero-order valence-corrected chi connectivity index (χ0v) is 10.8. The molecule has 0 saturated heterocycles. The average molecular weight is 228 g/mol. The van der Waals surface area contributed by atoms with Gasteiger partial charge in [-0.2, -0.15) is 0 Å². The van der Waals surface area contributed by atoms with E-state index >= 15 is 0 Å². The molecule has 0 nitrogen and oxygen atoms in total. The first kappa shape index (κ1) is 10.4. The van der Waals surface area contributed by atoms with Crippen molar-refractivity contribution in [2.75, 3.05) is 0 Å². The van der Waals surface area contributed by atoms with Crippen LogP contribution >= 0.6 is 0 Å². The Kier molecular flexibility index (Phi) is 2.45. The van der Waals surface area contributed by atoms with Crippen molar-refractivity contribution in [3.05, 3.63) is 23.8 Å². The van der Waals surface area contributed by atoms with Crippen molar-refractivity contribution in [2.45, 2.75) is 51.4 Å². The first-order valence-electron chi connectivity index (χ1n) is 7.78. The third-order valence-corrected chi connectivity index (χ3v) is 6.16. The summed E-state index contributed by atoms with van der Waals surface area (Å²) in [4.78, 5) is 0. The van der Waals surface area contributed by atoms with Crippen LogP contribution < -0.4 is 0 Å². The maximum Gasteiger partial charge on any atom is -0.0134 e. The van der Waals surface area contributed by atoms with Gasteiger partial charge in [-0.15, -0.1) is 0 Å². The molecule has 2 saturated carbocycles. The molecule has 1 unspecified atom stereocenters. The van der Waals surface area contributed by atoms with Crippen LogP contribution in [0.5, 0.6) is 0 Å². The molecule has 0 spiro atoms. The number of allylic oxidation sites excluding steroid dienone is 4. The summed E-state index contributed by atoms with van der Waals surface area (Å²) in [5.74, 6) is 5.10. The van der Waals surface area contributed by atoms with Crippen LogP contribution in [-0.2, 0) is 0 Å². The first-order valence-corrected chi connectivity index (χ1v) is 7.78. The highest BCUT2D eigenvalue weighted by molar-refractivity contribution is 5.23. The van der Waals surface area contributed by atoms with Crippen LogP contribution in [0, 0.1) is 29.6 Å². The third-order valence-electron chi connectivity index (χ3n) is 6.16. The molecule has 2 fully saturated rings. The van der Waals surface area contributed by atoms with Gasteiger partial charge in [0.15, 0.2) is 0 Å². The number of fused-ring (bicyclic) bond motifs is 5. The molecule has 0 aromatic carbocycles. The first-order chi connectivity index (χ1) is 8.43. The van der Waals surface area contributed by atoms with Crippen molar-refractivity contribution in [2.24, 2.45) is 29.6 Å². The normalized spacial score (nSPS) is 48.0. The van der Waals surface area contributed by atoms with Gasteiger partial charge >= 0.3 is 0 Å². The lowest BCUT2D eigenvalue weighted by molar-refractivity contribution is 0.166. The van der Waals surface area contributed by atoms with Crippen molar-refractivity contribution >= 4 is 0 Å². The van der Waals surface area contributed by atoms with Gasteiger partial charge in [-0.05, 0) is 74.5 Å². The van der Waals surface area contributed by atoms with E-state index in [1.54, 1.807) is 6.42 Å². The summed E-state index contributed by atoms with van der Waals surface area (Å²) in [6.07, 6.45) is 19.3. The number of hydrogen-bond acceptors (Lipinski definition) is 0. The van der Waals surface area contributed by atoms with E-state index in [2.05, 4.69) is 18.2 Å². The Bertz CT molecular complexity index is 362. The Balaban J connectivity index is 1.65. The second-order valence-corrected chi connectivity index (χ2v) is 6.79. The molecule has 0 radical (unpaired) electrons. The van der Waals surface area contributed by atoms with Crippen LogP contribution in [-0.4, -0.2) is 0 Å². The minimum atomic E-state index is 0.945. The summed E-state index contributed by atoms with van der Waals surface area (Å²) >= 11 is 0. The average Bonchev–Trinajstić information content (AvgIpc) is 2.86. The molecule has 0 bridgehead atoms. The standard InChI is InChI=1S/C17H24/c1-2-6-14-12(4-1)8-10-17-15-7-3-5-13(15)9-11-16(14)17/h1-2,11-15,17H,3-10H2/t12?,13-,14-,15+,17-/m0/s1. The zero-order valence-electron chi connectivity index (χ0n) is 10.8. The van der Waals surface area contributed by atoms with Crippen molar-refractivity contribution in [3.63, 3.8) is 0 Å². The molecule has 5 atom stereocenters. The number of rotatable bonds is 0. The lowest BCUT2D eigenvalue weighted by atomic mass is 9.59. The van der Waals surface area contributed by atoms with E-state index in [0.29, 0.717) is 0 Å². The van der Waals surface area contributed by atoms with E-state index in [1.165, 1.54) is 44.9 Å². The van der Waals surface area contributed by atoms with Gasteiger partial charge in [-0.1, -0.05) is 30.2 Å². The molecular weight excluding hydrogens is 204 g/mol. The van der Waals surface area contributed by atoms with Crippen molar-refractivity contribution in [1.29, 1.82) is 0 Å². The second kappa shape index (κ2) is 4.00. The van der Waals surface area contributed by atoms with Gasteiger partial charge in [0, 0.05) is 0 Å². The lowest BCUT2D eigenvalue weighted by Crippen LogP contribution is -2.36. The van der Waals surface area contributed by atoms with Crippen LogP contribution in [0.2, 0.25) is 0 Å². The molecule has 4 aliphatic carbocycles. The molecule has 0 amide bonds. The molecule has 4 rings (SSSR count). The van der Waals surface area contributed by atoms with E-state index in [4.69, 9.17) is 0 Å². The van der Waals surface area contributed by atoms with E-state index in [9.17, 15) is 0 Å². The van der Waals surface area contributed by atoms with Gasteiger partial charge in [-0.25, -0.2) is 0 Å². The largest absolute Gasteiger partial charge is 0.0882 e. The fourth-order valence-corrected chi connectivity index (χ4v) is 5.37. The van der Waals surface area contributed by atoms with Gasteiger partial charge in [0.25, 0.3) is 0 Å². The summed E-state index contributed by atoms with van der Waals surface area (Å²) in [6, 6.07) is 0. The summed E-state index contributed by atoms with van der Waals surface area (Å²) in [5, 5.41) is 0. The molecule has 17 heavy (non-hydrogen) atoms. The van der Waals surface area contributed by atoms with Crippen LogP contribution in [0.1, 0.15) is 51.4 Å². The molecule has 4 aliphatic rings. The summed E-state index contributed by atoms with van der Waals surface area (Å²) in [6.45, 7) is 0. The molecular formula is C17H24. The maximum absolute atomic E-state index is 2.69. The van der Waals surface area contributed by atoms with Crippen molar-refractivity contribution < 1.29 is 0 Å².